The van der Waals surface area contributed by atoms with Gasteiger partial charge in [-0.25, -0.2) is 4.39 Å². The highest BCUT2D eigenvalue weighted by molar-refractivity contribution is 8.02. The molecule has 9 heteroatoms. The van der Waals surface area contributed by atoms with Crippen molar-refractivity contribution in [3.8, 4) is 5.75 Å². The molecule has 1 fully saturated rings. The van der Waals surface area contributed by atoms with E-state index in [4.69, 9.17) is 4.74 Å². The molecule has 1 spiro atoms. The van der Waals surface area contributed by atoms with Crippen LogP contribution in [0.3, 0.4) is 0 Å². The molecule has 3 aromatic carbocycles. The number of hydrogen-bond acceptors (Lipinski definition) is 5. The number of nitrogens with one attached hydrogen (secondary N) is 1. The first-order valence-electron chi connectivity index (χ1n) is 10.5. The lowest BCUT2D eigenvalue weighted by molar-refractivity contribution is -0.124. The molecule has 2 heterocycles. The summed E-state index contributed by atoms with van der Waals surface area (Å²) in [6.07, 6.45) is 0. The molecule has 0 radical (unpaired) electrons. The lowest BCUT2D eigenvalue weighted by Gasteiger charge is -2.33. The predicted molar refractivity (Wildman–Crippen MR) is 128 cm³/mol. The van der Waals surface area contributed by atoms with Gasteiger partial charge in [0.25, 0.3) is 5.91 Å². The Balaban J connectivity index is 1.48. The molecule has 1 saturated heterocycles. The highest BCUT2D eigenvalue weighted by Crippen LogP contribution is 2.55. The first-order valence-corrected chi connectivity index (χ1v) is 11.5. The summed E-state index contributed by atoms with van der Waals surface area (Å²) >= 11 is 1.18. The average molecular weight is 478 g/mol. The van der Waals surface area contributed by atoms with Crippen molar-refractivity contribution >= 4 is 46.5 Å². The van der Waals surface area contributed by atoms with Crippen molar-refractivity contribution < 1.29 is 23.5 Å². The number of thioether (sulfide) groups is 1. The molecule has 1 N–H and O–H groups in total. The predicted octanol–water partition coefficient (Wildman–Crippen LogP) is 3.75. The molecule has 1 atom stereocenters. The van der Waals surface area contributed by atoms with E-state index in [2.05, 4.69) is 5.32 Å². The summed E-state index contributed by atoms with van der Waals surface area (Å²) in [5.41, 5.74) is 1.99. The van der Waals surface area contributed by atoms with Crippen LogP contribution in [-0.4, -0.2) is 37.1 Å². The third-order valence-corrected chi connectivity index (χ3v) is 7.19. The van der Waals surface area contributed by atoms with E-state index >= 15 is 0 Å². The van der Waals surface area contributed by atoms with Gasteiger partial charge in [-0.05, 0) is 48.5 Å². The van der Waals surface area contributed by atoms with Crippen molar-refractivity contribution in [2.45, 2.75) is 4.87 Å². The Labute approximate surface area is 199 Å². The fourth-order valence-corrected chi connectivity index (χ4v) is 5.71. The van der Waals surface area contributed by atoms with Gasteiger partial charge in [-0.15, -0.1) is 11.8 Å². The van der Waals surface area contributed by atoms with Gasteiger partial charge in [-0.1, -0.05) is 24.3 Å². The largest absolute Gasteiger partial charge is 0.497 e. The van der Waals surface area contributed by atoms with Crippen molar-refractivity contribution in [3.63, 3.8) is 0 Å². The van der Waals surface area contributed by atoms with Crippen LogP contribution in [0.2, 0.25) is 0 Å². The second kappa shape index (κ2) is 8.49. The minimum Gasteiger partial charge on any atom is -0.497 e. The van der Waals surface area contributed by atoms with Gasteiger partial charge < -0.3 is 10.1 Å². The van der Waals surface area contributed by atoms with E-state index in [-0.39, 0.29) is 18.2 Å². The van der Waals surface area contributed by atoms with Gasteiger partial charge in [0.15, 0.2) is 0 Å². The summed E-state index contributed by atoms with van der Waals surface area (Å²) in [5, 5.41) is 2.78. The minimum atomic E-state index is -1.40. The number of ether oxygens (including phenoxy) is 1. The smallest absolute Gasteiger partial charge is 0.269 e. The molecular formula is C25H20FN3O4S. The van der Waals surface area contributed by atoms with Crippen LogP contribution in [0.4, 0.5) is 21.5 Å². The minimum absolute atomic E-state index is 0.0580. The van der Waals surface area contributed by atoms with E-state index in [1.807, 2.05) is 0 Å². The van der Waals surface area contributed by atoms with Crippen molar-refractivity contribution in [3.05, 3.63) is 84.2 Å². The Morgan fingerprint density at radius 3 is 2.59 bits per heavy atom. The summed E-state index contributed by atoms with van der Waals surface area (Å²) in [5.74, 6) is -0.905. The molecule has 3 aromatic rings. The number of carbonyl (C=O) groups is 3. The maximum absolute atomic E-state index is 14.0. The summed E-state index contributed by atoms with van der Waals surface area (Å²) < 4.78 is 19.1. The molecule has 0 aliphatic carbocycles. The Hall–Kier alpha value is -3.85. The van der Waals surface area contributed by atoms with Crippen LogP contribution in [0.25, 0.3) is 0 Å². The molecule has 172 valence electrons. The van der Waals surface area contributed by atoms with Crippen LogP contribution in [0.5, 0.6) is 5.75 Å². The molecule has 34 heavy (non-hydrogen) atoms. The molecule has 0 bridgehead atoms. The summed E-state index contributed by atoms with van der Waals surface area (Å²) in [6.45, 7) is -0.241. The van der Waals surface area contributed by atoms with E-state index in [0.29, 0.717) is 28.4 Å². The van der Waals surface area contributed by atoms with E-state index in [1.54, 1.807) is 61.7 Å². The maximum Gasteiger partial charge on any atom is 0.269 e. The Kier molecular flexibility index (Phi) is 5.49. The van der Waals surface area contributed by atoms with E-state index in [1.165, 1.54) is 39.8 Å². The van der Waals surface area contributed by atoms with Gasteiger partial charge in [0, 0.05) is 16.9 Å². The van der Waals surface area contributed by atoms with Crippen LogP contribution >= 0.6 is 11.8 Å². The third kappa shape index (κ3) is 3.49. The lowest BCUT2D eigenvalue weighted by Crippen LogP contribution is -2.50. The van der Waals surface area contributed by atoms with Crippen LogP contribution in [0.1, 0.15) is 5.56 Å². The van der Waals surface area contributed by atoms with Crippen LogP contribution in [0.15, 0.2) is 72.8 Å². The molecule has 0 aromatic heterocycles. The lowest BCUT2D eigenvalue weighted by atomic mass is 10.0. The van der Waals surface area contributed by atoms with E-state index in [9.17, 15) is 18.8 Å². The molecule has 0 saturated carbocycles. The molecule has 7 nitrogen and oxygen atoms in total. The number of hydrogen-bond donors (Lipinski definition) is 1. The average Bonchev–Trinajstić information content (AvgIpc) is 3.30. The first-order chi connectivity index (χ1) is 16.4. The highest BCUT2D eigenvalue weighted by Gasteiger charge is 2.61. The fourth-order valence-electron chi connectivity index (χ4n) is 4.35. The van der Waals surface area contributed by atoms with Crippen molar-refractivity contribution in [1.82, 2.24) is 0 Å². The van der Waals surface area contributed by atoms with Crippen molar-refractivity contribution in [2.75, 3.05) is 34.5 Å². The van der Waals surface area contributed by atoms with Gasteiger partial charge in [-0.2, -0.15) is 0 Å². The number of fused-ring (bicyclic) bond motifs is 2. The number of benzene rings is 3. The Morgan fingerprint density at radius 1 is 1.09 bits per heavy atom. The van der Waals surface area contributed by atoms with Gasteiger partial charge >= 0.3 is 0 Å². The van der Waals surface area contributed by atoms with E-state index in [0.717, 1.165) is 0 Å². The summed E-state index contributed by atoms with van der Waals surface area (Å²) in [7, 11) is 1.55. The second-order valence-electron chi connectivity index (χ2n) is 7.83. The van der Waals surface area contributed by atoms with Gasteiger partial charge in [0.2, 0.25) is 16.7 Å². The topological polar surface area (TPSA) is 79.0 Å². The number of anilines is 3. The highest BCUT2D eigenvalue weighted by atomic mass is 32.2. The van der Waals surface area contributed by atoms with Crippen molar-refractivity contribution in [2.24, 2.45) is 0 Å². The van der Waals surface area contributed by atoms with Gasteiger partial charge in [0.05, 0.1) is 18.6 Å². The normalized spacial score (nSPS) is 19.0. The first kappa shape index (κ1) is 22.0. The van der Waals surface area contributed by atoms with Crippen LogP contribution < -0.4 is 19.9 Å². The zero-order chi connectivity index (χ0) is 23.9. The zero-order valence-electron chi connectivity index (χ0n) is 18.2. The number of carbonyl (C=O) groups excluding carboxylic acids is 3. The number of amides is 3. The Bertz CT molecular complexity index is 1300. The van der Waals surface area contributed by atoms with Crippen LogP contribution in [-0.2, 0) is 19.3 Å². The molecule has 5 rings (SSSR count). The quantitative estimate of drug-likeness (QED) is 0.606. The second-order valence-corrected chi connectivity index (χ2v) is 9.00. The number of halogens is 1. The molecule has 2 aliphatic heterocycles. The van der Waals surface area contributed by atoms with Gasteiger partial charge in [0.1, 0.15) is 18.1 Å². The summed E-state index contributed by atoms with van der Waals surface area (Å²) in [6, 6.07) is 19.5. The Morgan fingerprint density at radius 2 is 1.85 bits per heavy atom. The maximum atomic E-state index is 14.0. The van der Waals surface area contributed by atoms with Crippen LogP contribution in [0, 0.1) is 5.82 Å². The fraction of sp³-hybridized carbons (Fsp3) is 0.160. The third-order valence-electron chi connectivity index (χ3n) is 5.81. The molecule has 3 amide bonds. The van der Waals surface area contributed by atoms with Gasteiger partial charge in [-0.3, -0.25) is 24.2 Å². The molecular weight excluding hydrogens is 457 g/mol. The number of methoxy groups -OCH3 is 1. The number of rotatable bonds is 5. The number of para-hydroxylation sites is 1. The number of nitrogens with zero attached hydrogens (tertiary/aromatic N) is 2. The molecule has 2 aliphatic rings. The standard InChI is InChI=1S/C25H20FN3O4S/c1-33-19-11-9-17(10-12-19)27-22(30)14-28-21-8-3-2-7-20(21)25(24(28)32)29(23(31)15-34-25)18-6-4-5-16(26)13-18/h2-13H,14-15H2,1H3,(H,27,30)/t25-/m0/s1. The van der Waals surface area contributed by atoms with E-state index < -0.39 is 22.5 Å². The zero-order valence-corrected chi connectivity index (χ0v) is 19.0. The molecule has 0 unspecified atom stereocenters. The summed E-state index contributed by atoms with van der Waals surface area (Å²) in [4.78, 5) is 41.0. The monoisotopic (exact) mass is 477 g/mol. The SMILES string of the molecule is COc1ccc(NC(=O)CN2C(=O)[C@@]3(SCC(=O)N3c3cccc(F)c3)c3ccccc32)cc1. The van der Waals surface area contributed by atoms with Crippen molar-refractivity contribution in [1.29, 1.82) is 0 Å².